The Morgan fingerprint density at radius 3 is 2.44 bits per heavy atom. The van der Waals surface area contributed by atoms with E-state index in [0.717, 1.165) is 11.1 Å². The largest absolute Gasteiger partial charge is 0.507 e. The van der Waals surface area contributed by atoms with Crippen LogP contribution in [0.2, 0.25) is 0 Å². The summed E-state index contributed by atoms with van der Waals surface area (Å²) < 4.78 is 5.72. The minimum absolute atomic E-state index is 0.0143. The molecule has 1 saturated heterocycles. The van der Waals surface area contributed by atoms with Gasteiger partial charge in [-0.25, -0.2) is 0 Å². The average Bonchev–Trinajstić information content (AvgIpc) is 3.10. The number of hydrogen-bond donors (Lipinski definition) is 1. The molecule has 6 nitrogen and oxygen atoms in total. The van der Waals surface area contributed by atoms with Crippen molar-refractivity contribution in [1.82, 2.24) is 4.98 Å². The number of ketones is 1. The highest BCUT2D eigenvalue weighted by Gasteiger charge is 2.48. The molecule has 6 heteroatoms. The minimum Gasteiger partial charge on any atom is -0.507 e. The number of rotatable bonds is 6. The molecule has 0 radical (unpaired) electrons. The number of pyridine rings is 1. The van der Waals surface area contributed by atoms with Gasteiger partial charge < -0.3 is 9.84 Å². The van der Waals surface area contributed by atoms with Crippen molar-refractivity contribution >= 4 is 23.1 Å². The summed E-state index contributed by atoms with van der Waals surface area (Å²) >= 11 is 0. The smallest absolute Gasteiger partial charge is 0.300 e. The quantitative estimate of drug-likeness (QED) is 0.307. The van der Waals surface area contributed by atoms with Crippen LogP contribution in [-0.2, 0) is 9.59 Å². The number of benzene rings is 2. The highest BCUT2D eigenvalue weighted by atomic mass is 16.5. The van der Waals surface area contributed by atoms with Crippen molar-refractivity contribution in [3.63, 3.8) is 0 Å². The highest BCUT2D eigenvalue weighted by Crippen LogP contribution is 2.42. The minimum atomic E-state index is -0.849. The number of carbonyl (C=O) groups is 2. The summed E-state index contributed by atoms with van der Waals surface area (Å²) in [6, 6.07) is 17.1. The molecular formula is C28H28N2O4. The van der Waals surface area contributed by atoms with Crippen molar-refractivity contribution in [1.29, 1.82) is 0 Å². The zero-order valence-corrected chi connectivity index (χ0v) is 19.8. The highest BCUT2D eigenvalue weighted by molar-refractivity contribution is 6.51. The zero-order chi connectivity index (χ0) is 24.4. The molecule has 1 aliphatic rings. The molecule has 3 aromatic rings. The van der Waals surface area contributed by atoms with E-state index in [1.54, 1.807) is 48.7 Å². The van der Waals surface area contributed by atoms with Gasteiger partial charge in [0.1, 0.15) is 17.6 Å². The van der Waals surface area contributed by atoms with E-state index in [9.17, 15) is 14.7 Å². The molecule has 1 fully saturated rings. The van der Waals surface area contributed by atoms with Crippen LogP contribution in [0.25, 0.3) is 5.76 Å². The predicted molar refractivity (Wildman–Crippen MR) is 132 cm³/mol. The van der Waals surface area contributed by atoms with Gasteiger partial charge in [-0.15, -0.1) is 0 Å². The van der Waals surface area contributed by atoms with Crippen molar-refractivity contribution < 1.29 is 19.4 Å². The van der Waals surface area contributed by atoms with Crippen LogP contribution in [0.5, 0.6) is 5.75 Å². The van der Waals surface area contributed by atoms with Gasteiger partial charge in [-0.2, -0.15) is 0 Å². The molecule has 34 heavy (non-hydrogen) atoms. The number of aliphatic hydroxyl groups excluding tert-OH is 1. The molecule has 2 heterocycles. The van der Waals surface area contributed by atoms with Gasteiger partial charge in [0, 0.05) is 17.4 Å². The van der Waals surface area contributed by atoms with Gasteiger partial charge in [0.25, 0.3) is 11.7 Å². The third-order valence-corrected chi connectivity index (χ3v) is 5.75. The molecule has 2 aromatic carbocycles. The SMILES string of the molecule is Cc1ccc(C)c(N2C(=O)C(=O)/C(=C(/O)c3ccc(OCC(C)C)cc3)C2c2ccccn2)c1. The molecule has 0 spiro atoms. The van der Waals surface area contributed by atoms with E-state index < -0.39 is 17.7 Å². The van der Waals surface area contributed by atoms with E-state index in [-0.39, 0.29) is 11.3 Å². The second-order valence-corrected chi connectivity index (χ2v) is 8.94. The summed E-state index contributed by atoms with van der Waals surface area (Å²) in [4.78, 5) is 32.4. The van der Waals surface area contributed by atoms with Crippen LogP contribution in [0.15, 0.2) is 72.4 Å². The molecule has 4 rings (SSSR count). The van der Waals surface area contributed by atoms with Crippen molar-refractivity contribution in [3.05, 3.63) is 94.8 Å². The third-order valence-electron chi connectivity index (χ3n) is 5.75. The van der Waals surface area contributed by atoms with Gasteiger partial charge in [-0.1, -0.05) is 32.0 Å². The fraction of sp³-hybridized carbons (Fsp3) is 0.250. The fourth-order valence-electron chi connectivity index (χ4n) is 4.00. The molecule has 1 unspecified atom stereocenters. The Labute approximate surface area is 199 Å². The lowest BCUT2D eigenvalue weighted by molar-refractivity contribution is -0.132. The van der Waals surface area contributed by atoms with Crippen molar-refractivity contribution in [2.75, 3.05) is 11.5 Å². The van der Waals surface area contributed by atoms with Gasteiger partial charge >= 0.3 is 0 Å². The van der Waals surface area contributed by atoms with Gasteiger partial charge in [0.05, 0.1) is 17.9 Å². The standard InChI is InChI=1S/C28H28N2O4/c1-17(2)16-34-21-12-10-20(11-13-21)26(31)24-25(22-7-5-6-14-29-22)30(28(33)27(24)32)23-15-18(3)8-9-19(23)4/h5-15,17,25,31H,16H2,1-4H3/b26-24+. The molecule has 1 amide bonds. The maximum atomic E-state index is 13.3. The number of nitrogens with zero attached hydrogens (tertiary/aromatic N) is 2. The van der Waals surface area contributed by atoms with Crippen molar-refractivity contribution in [3.8, 4) is 5.75 Å². The summed E-state index contributed by atoms with van der Waals surface area (Å²) in [5, 5.41) is 11.2. The molecule has 1 N–H and O–H groups in total. The summed E-state index contributed by atoms with van der Waals surface area (Å²) in [7, 11) is 0. The van der Waals surface area contributed by atoms with E-state index in [0.29, 0.717) is 35.2 Å². The molecule has 0 aliphatic carbocycles. The predicted octanol–water partition coefficient (Wildman–Crippen LogP) is 5.36. The molecule has 174 valence electrons. The van der Waals surface area contributed by atoms with Crippen LogP contribution >= 0.6 is 0 Å². The Kier molecular flexibility index (Phi) is 6.50. The summed E-state index contributed by atoms with van der Waals surface area (Å²) in [5.41, 5.74) is 3.37. The second-order valence-electron chi connectivity index (χ2n) is 8.94. The number of amides is 1. The number of aliphatic hydroxyl groups is 1. The van der Waals surface area contributed by atoms with Gasteiger partial charge in [0.2, 0.25) is 0 Å². The summed E-state index contributed by atoms with van der Waals surface area (Å²) in [6.07, 6.45) is 1.61. The first kappa shape index (κ1) is 23.2. The first-order valence-electron chi connectivity index (χ1n) is 11.3. The van der Waals surface area contributed by atoms with Crippen LogP contribution in [0.3, 0.4) is 0 Å². The van der Waals surface area contributed by atoms with E-state index in [4.69, 9.17) is 4.74 Å². The molecule has 1 atom stereocenters. The Morgan fingerprint density at radius 2 is 1.79 bits per heavy atom. The van der Waals surface area contributed by atoms with Crippen LogP contribution in [0.1, 0.15) is 42.3 Å². The maximum Gasteiger partial charge on any atom is 0.300 e. The molecule has 0 bridgehead atoms. The number of anilines is 1. The number of Topliss-reactive ketones (excluding diaryl/α,β-unsaturated/α-hetero) is 1. The second kappa shape index (κ2) is 9.51. The van der Waals surface area contributed by atoms with Crippen LogP contribution in [-0.4, -0.2) is 28.4 Å². The molecule has 1 aromatic heterocycles. The summed E-state index contributed by atoms with van der Waals surface area (Å²) in [6.45, 7) is 8.52. The Balaban J connectivity index is 1.83. The topological polar surface area (TPSA) is 79.7 Å². The van der Waals surface area contributed by atoms with Gasteiger partial charge in [0.15, 0.2) is 0 Å². The molecule has 1 aliphatic heterocycles. The van der Waals surface area contributed by atoms with E-state index in [1.807, 2.05) is 32.0 Å². The molecular weight excluding hydrogens is 428 g/mol. The lowest BCUT2D eigenvalue weighted by Crippen LogP contribution is -2.30. The number of hydrogen-bond acceptors (Lipinski definition) is 5. The Hall–Kier alpha value is -3.93. The maximum absolute atomic E-state index is 13.3. The first-order chi connectivity index (χ1) is 16.3. The number of aryl methyl sites for hydroxylation is 2. The Morgan fingerprint density at radius 1 is 1.06 bits per heavy atom. The van der Waals surface area contributed by atoms with Crippen LogP contribution < -0.4 is 9.64 Å². The lowest BCUT2D eigenvalue weighted by Gasteiger charge is -2.26. The first-order valence-corrected chi connectivity index (χ1v) is 11.3. The van der Waals surface area contributed by atoms with Crippen LogP contribution in [0.4, 0.5) is 5.69 Å². The monoisotopic (exact) mass is 456 g/mol. The number of aromatic nitrogens is 1. The van der Waals surface area contributed by atoms with Crippen molar-refractivity contribution in [2.45, 2.75) is 33.7 Å². The lowest BCUT2D eigenvalue weighted by atomic mass is 9.97. The zero-order valence-electron chi connectivity index (χ0n) is 19.8. The number of ether oxygens (including phenoxy) is 1. The van der Waals surface area contributed by atoms with Crippen LogP contribution in [0, 0.1) is 19.8 Å². The van der Waals surface area contributed by atoms with E-state index in [1.165, 1.54) is 4.90 Å². The van der Waals surface area contributed by atoms with Crippen molar-refractivity contribution in [2.24, 2.45) is 5.92 Å². The third kappa shape index (κ3) is 4.44. The normalized spacial score (nSPS) is 17.4. The van der Waals surface area contributed by atoms with Gasteiger partial charge in [-0.3, -0.25) is 19.5 Å². The van der Waals surface area contributed by atoms with E-state index in [2.05, 4.69) is 18.8 Å². The Bertz CT molecular complexity index is 1250. The molecule has 0 saturated carbocycles. The summed E-state index contributed by atoms with van der Waals surface area (Å²) in [5.74, 6) is -0.621. The number of carbonyl (C=O) groups excluding carboxylic acids is 2. The van der Waals surface area contributed by atoms with E-state index >= 15 is 0 Å². The van der Waals surface area contributed by atoms with Gasteiger partial charge in [-0.05, 0) is 73.4 Å². The average molecular weight is 457 g/mol. The fourth-order valence-corrected chi connectivity index (χ4v) is 4.00.